The summed E-state index contributed by atoms with van der Waals surface area (Å²) in [7, 11) is 1.07. The van der Waals surface area contributed by atoms with E-state index in [4.69, 9.17) is 0 Å². The molecule has 0 saturated heterocycles. The van der Waals surface area contributed by atoms with Gasteiger partial charge in [-0.05, 0) is 17.7 Å². The van der Waals surface area contributed by atoms with Crippen LogP contribution < -0.4 is 5.11 Å². The number of nitro groups is 1. The first-order chi connectivity index (χ1) is 10.3. The average Bonchev–Trinajstić information content (AvgIpc) is 2.49. The van der Waals surface area contributed by atoms with Gasteiger partial charge in [-0.3, -0.25) is 14.9 Å². The quantitative estimate of drug-likeness (QED) is 0.268. The van der Waals surface area contributed by atoms with Crippen LogP contribution in [0.15, 0.2) is 24.3 Å². The molecule has 22 heavy (non-hydrogen) atoms. The van der Waals surface area contributed by atoms with Gasteiger partial charge >= 0.3 is 5.97 Å². The molecule has 0 aromatic heterocycles. The number of carbonyl (C=O) groups excluding carboxylic acids is 3. The fraction of sp³-hybridized carbons (Fsp3) is 0.308. The standard InChI is InChI=1S/C13H13NO8/c1-21-11(12(16)17)6-10(15)13(18)22-7-8-2-4-9(5-3-8)14(19)20/h2-5,11H,6-7H2,1H3,(H,16,17)/p-1. The monoisotopic (exact) mass is 310 g/mol. The lowest BCUT2D eigenvalue weighted by molar-refractivity contribution is -0.384. The van der Waals surface area contributed by atoms with E-state index in [2.05, 4.69) is 9.47 Å². The maximum absolute atomic E-state index is 11.4. The molecule has 0 aliphatic heterocycles. The summed E-state index contributed by atoms with van der Waals surface area (Å²) in [5.41, 5.74) is 0.318. The highest BCUT2D eigenvalue weighted by molar-refractivity contribution is 6.34. The van der Waals surface area contributed by atoms with Crippen molar-refractivity contribution in [2.75, 3.05) is 7.11 Å². The van der Waals surface area contributed by atoms with E-state index < -0.39 is 35.2 Å². The molecule has 9 nitrogen and oxygen atoms in total. The van der Waals surface area contributed by atoms with Crippen LogP contribution in [-0.4, -0.2) is 35.9 Å². The van der Waals surface area contributed by atoms with Crippen molar-refractivity contribution in [3.63, 3.8) is 0 Å². The van der Waals surface area contributed by atoms with Gasteiger partial charge in [-0.1, -0.05) is 0 Å². The molecule has 1 aromatic rings. The summed E-state index contributed by atoms with van der Waals surface area (Å²) >= 11 is 0. The Hall–Kier alpha value is -2.81. The van der Waals surface area contributed by atoms with Gasteiger partial charge in [0.1, 0.15) is 12.7 Å². The number of hydrogen-bond donors (Lipinski definition) is 0. The second kappa shape index (κ2) is 7.84. The molecular formula is C13H12NO8-. The van der Waals surface area contributed by atoms with E-state index in [0.29, 0.717) is 5.56 Å². The molecule has 0 radical (unpaired) electrons. The topological polar surface area (TPSA) is 136 Å². The summed E-state index contributed by atoms with van der Waals surface area (Å²) in [5.74, 6) is -3.90. The maximum Gasteiger partial charge on any atom is 0.375 e. The van der Waals surface area contributed by atoms with Crippen LogP contribution in [0.25, 0.3) is 0 Å². The number of aliphatic carboxylic acids is 1. The van der Waals surface area contributed by atoms with E-state index in [0.717, 1.165) is 7.11 Å². The number of hydrogen-bond acceptors (Lipinski definition) is 8. The molecule has 0 amide bonds. The van der Waals surface area contributed by atoms with Crippen molar-refractivity contribution >= 4 is 23.4 Å². The second-order valence-electron chi connectivity index (χ2n) is 4.17. The second-order valence-corrected chi connectivity index (χ2v) is 4.17. The van der Waals surface area contributed by atoms with Crippen LogP contribution in [0.2, 0.25) is 0 Å². The number of carbonyl (C=O) groups is 3. The Labute approximate surface area is 124 Å². The third-order valence-electron chi connectivity index (χ3n) is 2.66. The zero-order valence-electron chi connectivity index (χ0n) is 11.5. The first kappa shape index (κ1) is 17.2. The van der Waals surface area contributed by atoms with Gasteiger partial charge in [0.2, 0.25) is 5.78 Å². The Morgan fingerprint density at radius 3 is 2.27 bits per heavy atom. The van der Waals surface area contributed by atoms with E-state index in [9.17, 15) is 29.6 Å². The fourth-order valence-electron chi connectivity index (χ4n) is 1.46. The molecule has 0 heterocycles. The van der Waals surface area contributed by atoms with Crippen LogP contribution in [0.1, 0.15) is 12.0 Å². The first-order valence-corrected chi connectivity index (χ1v) is 6.02. The zero-order chi connectivity index (χ0) is 16.7. The van der Waals surface area contributed by atoms with E-state index in [1.54, 1.807) is 0 Å². The molecule has 0 saturated carbocycles. The zero-order valence-corrected chi connectivity index (χ0v) is 11.5. The van der Waals surface area contributed by atoms with Gasteiger partial charge in [0, 0.05) is 25.7 Å². The number of esters is 1. The lowest BCUT2D eigenvalue weighted by atomic mass is 10.2. The van der Waals surface area contributed by atoms with Gasteiger partial charge in [-0.2, -0.15) is 0 Å². The highest BCUT2D eigenvalue weighted by Crippen LogP contribution is 2.12. The highest BCUT2D eigenvalue weighted by Gasteiger charge is 2.22. The molecule has 0 bridgehead atoms. The van der Waals surface area contributed by atoms with E-state index in [1.807, 2.05) is 0 Å². The minimum absolute atomic E-state index is 0.122. The minimum Gasteiger partial charge on any atom is -0.547 e. The van der Waals surface area contributed by atoms with Gasteiger partial charge in [-0.15, -0.1) is 0 Å². The highest BCUT2D eigenvalue weighted by atomic mass is 16.6. The summed E-state index contributed by atoms with van der Waals surface area (Å²) in [5, 5.41) is 21.0. The largest absolute Gasteiger partial charge is 0.547 e. The minimum atomic E-state index is -1.61. The van der Waals surface area contributed by atoms with Crippen molar-refractivity contribution < 1.29 is 33.9 Å². The number of benzene rings is 1. The Bertz CT molecular complexity index is 580. The molecule has 1 atom stereocenters. The first-order valence-electron chi connectivity index (χ1n) is 6.02. The van der Waals surface area contributed by atoms with Crippen molar-refractivity contribution in [1.29, 1.82) is 0 Å². The van der Waals surface area contributed by atoms with Gasteiger partial charge in [0.25, 0.3) is 5.69 Å². The lowest BCUT2D eigenvalue weighted by Crippen LogP contribution is -2.39. The van der Waals surface area contributed by atoms with Crippen LogP contribution in [0, 0.1) is 10.1 Å². The predicted octanol–water partition coefficient (Wildman–Crippen LogP) is -0.638. The molecule has 1 rings (SSSR count). The van der Waals surface area contributed by atoms with Crippen LogP contribution in [0.4, 0.5) is 5.69 Å². The predicted molar refractivity (Wildman–Crippen MR) is 68.3 cm³/mol. The molecule has 1 aromatic carbocycles. The summed E-state index contributed by atoms with van der Waals surface area (Å²) < 4.78 is 9.16. The van der Waals surface area contributed by atoms with Crippen molar-refractivity contribution in [1.82, 2.24) is 0 Å². The Kier molecular flexibility index (Phi) is 6.14. The number of nitro benzene ring substituents is 1. The SMILES string of the molecule is COC(CC(=O)C(=O)OCc1ccc([N+](=O)[O-])cc1)C(=O)[O-]. The van der Waals surface area contributed by atoms with Gasteiger partial charge in [-0.25, -0.2) is 4.79 Å². The average molecular weight is 310 g/mol. The van der Waals surface area contributed by atoms with Gasteiger partial charge in [0.05, 0.1) is 10.9 Å². The molecule has 9 heteroatoms. The Morgan fingerprint density at radius 1 is 1.23 bits per heavy atom. The van der Waals surface area contributed by atoms with Gasteiger partial charge in [0.15, 0.2) is 0 Å². The molecule has 0 N–H and O–H groups in total. The molecule has 1 unspecified atom stereocenters. The number of ketones is 1. The number of non-ortho nitro benzene ring substituents is 1. The summed E-state index contributed by atoms with van der Waals surface area (Å²) in [6.07, 6.45) is -2.22. The summed E-state index contributed by atoms with van der Waals surface area (Å²) in [4.78, 5) is 43.3. The van der Waals surface area contributed by atoms with Gasteiger partial charge < -0.3 is 19.4 Å². The fourth-order valence-corrected chi connectivity index (χ4v) is 1.46. The molecule has 0 fully saturated rings. The molecule has 118 valence electrons. The third-order valence-corrected chi connectivity index (χ3v) is 2.66. The third kappa shape index (κ3) is 4.94. The number of rotatable bonds is 8. The number of methoxy groups -OCH3 is 1. The lowest BCUT2D eigenvalue weighted by Gasteiger charge is -2.14. The van der Waals surface area contributed by atoms with Crippen LogP contribution >= 0.6 is 0 Å². The number of carboxylic acids is 1. The Morgan fingerprint density at radius 2 is 1.82 bits per heavy atom. The van der Waals surface area contributed by atoms with Crippen molar-refractivity contribution in [3.05, 3.63) is 39.9 Å². The van der Waals surface area contributed by atoms with Crippen LogP contribution in [0.5, 0.6) is 0 Å². The number of carboxylic acid groups (broad SMARTS) is 1. The number of ether oxygens (including phenoxy) is 2. The van der Waals surface area contributed by atoms with E-state index in [1.165, 1.54) is 24.3 Å². The van der Waals surface area contributed by atoms with Crippen molar-refractivity contribution in [2.45, 2.75) is 19.1 Å². The number of Topliss-reactive ketones (excluding diaryl/α,β-unsaturated/α-hetero) is 1. The van der Waals surface area contributed by atoms with E-state index in [-0.39, 0.29) is 12.3 Å². The van der Waals surface area contributed by atoms with Crippen LogP contribution in [-0.2, 0) is 30.5 Å². The normalized spacial score (nSPS) is 11.5. The van der Waals surface area contributed by atoms with Crippen LogP contribution in [0.3, 0.4) is 0 Å². The summed E-state index contributed by atoms with van der Waals surface area (Å²) in [6, 6.07) is 5.19. The Balaban J connectivity index is 2.53. The summed E-state index contributed by atoms with van der Waals surface area (Å²) in [6.45, 7) is -0.272. The van der Waals surface area contributed by atoms with Crippen molar-refractivity contribution in [3.8, 4) is 0 Å². The smallest absolute Gasteiger partial charge is 0.375 e. The molecule has 0 aliphatic carbocycles. The maximum atomic E-state index is 11.4. The number of nitrogens with zero attached hydrogens (tertiary/aromatic N) is 1. The molecule has 0 spiro atoms. The van der Waals surface area contributed by atoms with Crippen molar-refractivity contribution in [2.24, 2.45) is 0 Å². The van der Waals surface area contributed by atoms with E-state index >= 15 is 0 Å². The molecular weight excluding hydrogens is 298 g/mol. The molecule has 0 aliphatic rings.